The molecule has 4 aliphatic heterocycles. The van der Waals surface area contributed by atoms with E-state index in [1.54, 1.807) is 6.92 Å². The smallest absolute Gasteiger partial charge is 0.337 e. The highest BCUT2D eigenvalue weighted by Crippen LogP contribution is 2.76. The van der Waals surface area contributed by atoms with Crippen LogP contribution in [-0.4, -0.2) is 234 Å². The van der Waals surface area contributed by atoms with Crippen LogP contribution in [-0.2, 0) is 47.4 Å². The Bertz CT molecular complexity index is 2160. The molecule has 8 fully saturated rings. The molecule has 0 amide bonds. The first kappa shape index (κ1) is 60.9. The number of aliphatic hydroxyl groups excluding tert-OH is 13. The third-order valence-corrected chi connectivity index (χ3v) is 22.0. The lowest BCUT2D eigenvalue weighted by Gasteiger charge is -2.72. The van der Waals surface area contributed by atoms with Gasteiger partial charge < -0.3 is 109 Å². The number of allylic oxidation sites excluding steroid dienone is 2. The minimum Gasteiger partial charge on any atom is -0.467 e. The van der Waals surface area contributed by atoms with Crippen molar-refractivity contribution in [2.24, 2.45) is 50.2 Å². The van der Waals surface area contributed by atoms with Gasteiger partial charge in [-0.2, -0.15) is 0 Å². The minimum absolute atomic E-state index is 0.00850. The molecule has 23 heteroatoms. The molecule has 13 N–H and O–H groups in total. The van der Waals surface area contributed by atoms with E-state index in [1.807, 2.05) is 6.92 Å². The molecular weight excluding hydrogens is 1030 g/mol. The van der Waals surface area contributed by atoms with E-state index in [-0.39, 0.29) is 47.2 Å². The fourth-order valence-corrected chi connectivity index (χ4v) is 16.7. The van der Waals surface area contributed by atoms with Crippen LogP contribution in [0.15, 0.2) is 11.6 Å². The van der Waals surface area contributed by atoms with Crippen molar-refractivity contribution in [3.05, 3.63) is 11.6 Å². The lowest BCUT2D eigenvalue weighted by atomic mass is 9.33. The van der Waals surface area contributed by atoms with Crippen LogP contribution >= 0.6 is 0 Å². The summed E-state index contributed by atoms with van der Waals surface area (Å²) >= 11 is 0. The maximum Gasteiger partial charge on any atom is 0.337 e. The molecule has 0 aromatic heterocycles. The largest absolute Gasteiger partial charge is 0.467 e. The van der Waals surface area contributed by atoms with Crippen LogP contribution in [0.25, 0.3) is 0 Å². The average molecular weight is 1120 g/mol. The molecular formula is C55H90O23. The number of carbonyl (C=O) groups is 1. The highest BCUT2D eigenvalue weighted by molar-refractivity contribution is 5.75. The Morgan fingerprint density at radius 3 is 1.71 bits per heavy atom. The summed E-state index contributed by atoms with van der Waals surface area (Å²) in [5, 5.41) is 143. The van der Waals surface area contributed by atoms with Gasteiger partial charge in [0.2, 0.25) is 0 Å². The first-order chi connectivity index (χ1) is 36.5. The van der Waals surface area contributed by atoms with Crippen LogP contribution in [0.4, 0.5) is 0 Å². The summed E-state index contributed by atoms with van der Waals surface area (Å²) in [6, 6.07) is 0. The molecule has 0 aromatic rings. The molecule has 23 nitrogen and oxygen atoms in total. The van der Waals surface area contributed by atoms with Gasteiger partial charge in [-0.25, -0.2) is 4.79 Å². The maximum atomic E-state index is 13.2. The number of hydrogen-bond donors (Lipinski definition) is 13. The standard InChI is InChI=1S/C55H90O23/c1-23-32(59)35(62)40(67)46(71-23)75-31-19-50(3,21-57)18-26-25-10-11-29-52(5)14-13-30(53(6,22-58)28(52)12-15-55(29,8)54(25,7)17-16-51(26,31)4)74-49-44(39(66)38(65)42(76-49)45(69)70-9)78-48-43(37(64)34(61)27(20-56)73-48)77-47-41(68)36(63)33(60)24(2)72-47/h10,23-24,26-44,46-49,56-68H,11-22H2,1-9H3/t23-,24-,26-,27+,28?,29?,30-,31+,32-,33-,34-,35+,36+,37-,38-,39-,40+,41+,42-,43+,44+,46-,47-,48-,49+,50-,51+,52-,53+,54+,55+/m0/s1. The molecule has 0 aromatic carbocycles. The van der Waals surface area contributed by atoms with E-state index < -0.39 is 164 Å². The average Bonchev–Trinajstić information content (AvgIpc) is 3.40. The van der Waals surface area contributed by atoms with E-state index in [2.05, 4.69) is 40.7 Å². The quantitative estimate of drug-likeness (QED) is 0.0608. The van der Waals surface area contributed by atoms with Crippen molar-refractivity contribution >= 4 is 5.97 Å². The van der Waals surface area contributed by atoms with Gasteiger partial charge in [-0.3, -0.25) is 0 Å². The molecule has 31 atom stereocenters. The highest BCUT2D eigenvalue weighted by atomic mass is 16.8. The van der Waals surface area contributed by atoms with Crippen LogP contribution in [0.1, 0.15) is 113 Å². The van der Waals surface area contributed by atoms with E-state index in [4.69, 9.17) is 42.6 Å². The van der Waals surface area contributed by atoms with E-state index in [0.717, 1.165) is 32.8 Å². The topological polar surface area (TPSA) is 363 Å². The predicted octanol–water partition coefficient (Wildman–Crippen LogP) is -1.38. The van der Waals surface area contributed by atoms with Crippen molar-refractivity contribution in [2.45, 2.75) is 248 Å². The van der Waals surface area contributed by atoms with Gasteiger partial charge in [0, 0.05) is 17.4 Å². The lowest BCUT2D eigenvalue weighted by molar-refractivity contribution is -0.396. The van der Waals surface area contributed by atoms with E-state index >= 15 is 0 Å². The van der Waals surface area contributed by atoms with E-state index in [9.17, 15) is 71.2 Å². The Hall–Kier alpha value is -1.63. The summed E-state index contributed by atoms with van der Waals surface area (Å²) in [5.41, 5.74) is -1.54. The molecule has 9 aliphatic rings. The number of esters is 1. The summed E-state index contributed by atoms with van der Waals surface area (Å²) in [6.45, 7) is 15.1. The second-order valence-electron chi connectivity index (χ2n) is 26.4. The van der Waals surface area contributed by atoms with Crippen LogP contribution in [0.2, 0.25) is 0 Å². The number of carbonyl (C=O) groups excluding carboxylic acids is 1. The maximum absolute atomic E-state index is 13.2. The van der Waals surface area contributed by atoms with Gasteiger partial charge in [-0.15, -0.1) is 0 Å². The van der Waals surface area contributed by atoms with Gasteiger partial charge in [0.15, 0.2) is 31.3 Å². The molecule has 0 bridgehead atoms. The van der Waals surface area contributed by atoms with Gasteiger partial charge in [-0.1, -0.05) is 53.2 Å². The van der Waals surface area contributed by atoms with Crippen LogP contribution in [0, 0.1) is 50.2 Å². The summed E-state index contributed by atoms with van der Waals surface area (Å²) < 4.78 is 54.5. The van der Waals surface area contributed by atoms with Gasteiger partial charge in [0.05, 0.1) is 44.7 Å². The second kappa shape index (κ2) is 22.1. The number of ether oxygens (including phenoxy) is 9. The van der Waals surface area contributed by atoms with E-state index in [0.29, 0.717) is 32.1 Å². The molecule has 4 saturated carbocycles. The monoisotopic (exact) mass is 1120 g/mol. The summed E-state index contributed by atoms with van der Waals surface area (Å²) in [4.78, 5) is 13.2. The Kier molecular flexibility index (Phi) is 17.3. The molecule has 5 aliphatic carbocycles. The number of methoxy groups -OCH3 is 1. The Morgan fingerprint density at radius 1 is 0.564 bits per heavy atom. The third-order valence-electron chi connectivity index (χ3n) is 22.0. The van der Waals surface area contributed by atoms with Crippen molar-refractivity contribution in [2.75, 3.05) is 26.9 Å². The minimum atomic E-state index is -1.99. The summed E-state index contributed by atoms with van der Waals surface area (Å²) in [5.74, 6) is -1.08. The highest BCUT2D eigenvalue weighted by Gasteiger charge is 2.70. The fourth-order valence-electron chi connectivity index (χ4n) is 16.7. The SMILES string of the molecule is COC(=O)[C@H]1O[C@@H](O[C@H]2CC[C@@]3(C)C(CC[C@]4(C)C3CC=C3[C@@H]5C[C@](C)(CO)C[C@@H](O[C@@H]6O[C@@H](C)[C@H](O)[C@@H](O)[C@H]6O)[C@]5(C)CC[C@]34C)[C@@]2(C)CO)[C@H](O[C@@H]2O[C@H](CO)[C@H](O)[C@H](O)[C@H]2O[C@@H]2O[C@@H](C)[C@H](O)[C@@H](O)[C@H]2O)[C@@H](O)[C@@H]1O. The zero-order valence-corrected chi connectivity index (χ0v) is 46.4. The predicted molar refractivity (Wildman–Crippen MR) is 268 cm³/mol. The normalized spacial score (nSPS) is 56.3. The number of fused-ring (bicyclic) bond motifs is 7. The summed E-state index contributed by atoms with van der Waals surface area (Å²) in [7, 11) is 1.07. The van der Waals surface area contributed by atoms with Gasteiger partial charge >= 0.3 is 5.97 Å². The zero-order valence-electron chi connectivity index (χ0n) is 46.4. The van der Waals surface area contributed by atoms with Gasteiger partial charge in [-0.05, 0) is 111 Å². The molecule has 4 saturated heterocycles. The molecule has 0 radical (unpaired) electrons. The molecule has 2 unspecified atom stereocenters. The van der Waals surface area contributed by atoms with Crippen LogP contribution < -0.4 is 0 Å². The van der Waals surface area contributed by atoms with Gasteiger partial charge in [0.1, 0.15) is 79.4 Å². The van der Waals surface area contributed by atoms with E-state index in [1.165, 1.54) is 12.5 Å². The molecule has 448 valence electrons. The Labute approximate surface area is 455 Å². The van der Waals surface area contributed by atoms with Crippen LogP contribution in [0.3, 0.4) is 0 Å². The van der Waals surface area contributed by atoms with Crippen molar-refractivity contribution in [3.63, 3.8) is 0 Å². The molecule has 0 spiro atoms. The Balaban J connectivity index is 0.991. The van der Waals surface area contributed by atoms with Gasteiger partial charge in [0.25, 0.3) is 0 Å². The number of rotatable bonds is 12. The lowest BCUT2D eigenvalue weighted by Crippen LogP contribution is -2.68. The third kappa shape index (κ3) is 9.68. The molecule has 78 heavy (non-hydrogen) atoms. The van der Waals surface area contributed by atoms with Crippen molar-refractivity contribution in [1.82, 2.24) is 0 Å². The van der Waals surface area contributed by atoms with Crippen molar-refractivity contribution in [3.8, 4) is 0 Å². The first-order valence-electron chi connectivity index (χ1n) is 28.2. The Morgan fingerprint density at radius 2 is 1.13 bits per heavy atom. The number of hydrogen-bond acceptors (Lipinski definition) is 23. The zero-order chi connectivity index (χ0) is 57.1. The fraction of sp³-hybridized carbons (Fsp3) is 0.945. The van der Waals surface area contributed by atoms with Crippen molar-refractivity contribution in [1.29, 1.82) is 0 Å². The molecule has 4 heterocycles. The summed E-state index contributed by atoms with van der Waals surface area (Å²) in [6.07, 6.45) is -25.1. The molecule has 9 rings (SSSR count). The number of aliphatic hydroxyl groups is 13. The van der Waals surface area contributed by atoms with Crippen LogP contribution in [0.5, 0.6) is 0 Å². The second-order valence-corrected chi connectivity index (χ2v) is 26.4. The first-order valence-corrected chi connectivity index (χ1v) is 28.2. The van der Waals surface area contributed by atoms with Crippen molar-refractivity contribution < 1.29 is 114 Å².